The van der Waals surface area contributed by atoms with E-state index in [-0.39, 0.29) is 5.91 Å². The van der Waals surface area contributed by atoms with E-state index in [4.69, 9.17) is 9.84 Å². The standard InChI is InChI=1S/C14H16BrNO4/c1-16(8-9-3-2-4-10(15)7-9)13(17)11-5-6-12(20-11)14(18)19/h2-4,7,11-12H,5-6,8H2,1H3,(H,18,19). The summed E-state index contributed by atoms with van der Waals surface area (Å²) >= 11 is 3.39. The molecule has 1 fully saturated rings. The fourth-order valence-corrected chi connectivity index (χ4v) is 2.68. The predicted octanol–water partition coefficient (Wildman–Crippen LogP) is 2.04. The number of hydrogen-bond donors (Lipinski definition) is 1. The second-order valence-electron chi connectivity index (χ2n) is 4.85. The van der Waals surface area contributed by atoms with Crippen LogP contribution in [0.4, 0.5) is 0 Å². The van der Waals surface area contributed by atoms with Gasteiger partial charge in [0.2, 0.25) is 0 Å². The normalized spacial score (nSPS) is 21.7. The number of ether oxygens (including phenoxy) is 1. The first-order valence-corrected chi connectivity index (χ1v) is 7.14. The number of carboxylic acid groups (broad SMARTS) is 1. The molecule has 1 aromatic carbocycles. The van der Waals surface area contributed by atoms with Crippen molar-refractivity contribution in [2.45, 2.75) is 31.6 Å². The van der Waals surface area contributed by atoms with Gasteiger partial charge >= 0.3 is 5.97 Å². The molecular formula is C14H16BrNO4. The van der Waals surface area contributed by atoms with Gasteiger partial charge in [0.25, 0.3) is 5.91 Å². The van der Waals surface area contributed by atoms with Crippen LogP contribution < -0.4 is 0 Å². The van der Waals surface area contributed by atoms with Crippen LogP contribution in [0.15, 0.2) is 28.7 Å². The quantitative estimate of drug-likeness (QED) is 0.909. The maximum Gasteiger partial charge on any atom is 0.332 e. The Morgan fingerprint density at radius 2 is 2.10 bits per heavy atom. The van der Waals surface area contributed by atoms with Crippen LogP contribution in [-0.4, -0.2) is 41.1 Å². The Morgan fingerprint density at radius 1 is 1.40 bits per heavy atom. The molecule has 2 unspecified atom stereocenters. The van der Waals surface area contributed by atoms with Crippen LogP contribution >= 0.6 is 15.9 Å². The average molecular weight is 342 g/mol. The molecule has 1 saturated heterocycles. The number of carbonyl (C=O) groups is 2. The van der Waals surface area contributed by atoms with Crippen LogP contribution in [0.5, 0.6) is 0 Å². The van der Waals surface area contributed by atoms with Crippen molar-refractivity contribution in [1.82, 2.24) is 4.90 Å². The summed E-state index contributed by atoms with van der Waals surface area (Å²) < 4.78 is 6.22. The van der Waals surface area contributed by atoms with E-state index >= 15 is 0 Å². The number of nitrogens with zero attached hydrogens (tertiary/aromatic N) is 1. The van der Waals surface area contributed by atoms with Gasteiger partial charge in [-0.1, -0.05) is 28.1 Å². The molecule has 0 radical (unpaired) electrons. The summed E-state index contributed by atoms with van der Waals surface area (Å²) in [5.41, 5.74) is 1.00. The van der Waals surface area contributed by atoms with E-state index in [1.54, 1.807) is 11.9 Å². The van der Waals surface area contributed by atoms with E-state index in [1.165, 1.54) is 0 Å². The summed E-state index contributed by atoms with van der Waals surface area (Å²) in [6.07, 6.45) is -0.661. The minimum atomic E-state index is -1.00. The highest BCUT2D eigenvalue weighted by Gasteiger charge is 2.35. The van der Waals surface area contributed by atoms with Crippen molar-refractivity contribution in [2.75, 3.05) is 7.05 Å². The van der Waals surface area contributed by atoms with Gasteiger partial charge in [0, 0.05) is 18.1 Å². The third-order valence-electron chi connectivity index (χ3n) is 3.26. The number of benzene rings is 1. The molecule has 1 aromatic rings. The Kier molecular flexibility index (Phi) is 4.77. The average Bonchev–Trinajstić information content (AvgIpc) is 2.87. The zero-order valence-corrected chi connectivity index (χ0v) is 12.7. The van der Waals surface area contributed by atoms with Gasteiger partial charge in [-0.3, -0.25) is 4.79 Å². The minimum Gasteiger partial charge on any atom is -0.479 e. The van der Waals surface area contributed by atoms with Crippen molar-refractivity contribution in [1.29, 1.82) is 0 Å². The molecule has 5 nitrogen and oxygen atoms in total. The van der Waals surface area contributed by atoms with Gasteiger partial charge in [-0.05, 0) is 30.5 Å². The fourth-order valence-electron chi connectivity index (χ4n) is 2.23. The lowest BCUT2D eigenvalue weighted by Crippen LogP contribution is -2.36. The van der Waals surface area contributed by atoms with Crippen molar-refractivity contribution in [2.24, 2.45) is 0 Å². The van der Waals surface area contributed by atoms with Crippen LogP contribution in [-0.2, 0) is 20.9 Å². The van der Waals surface area contributed by atoms with E-state index in [0.29, 0.717) is 19.4 Å². The number of carboxylic acids is 1. The number of carbonyl (C=O) groups excluding carboxylic acids is 1. The molecular weight excluding hydrogens is 326 g/mol. The van der Waals surface area contributed by atoms with E-state index < -0.39 is 18.2 Å². The number of aliphatic carboxylic acids is 1. The molecule has 2 atom stereocenters. The molecule has 0 aromatic heterocycles. The minimum absolute atomic E-state index is 0.172. The van der Waals surface area contributed by atoms with E-state index in [1.807, 2.05) is 24.3 Å². The highest BCUT2D eigenvalue weighted by molar-refractivity contribution is 9.10. The van der Waals surface area contributed by atoms with Crippen molar-refractivity contribution in [3.8, 4) is 0 Å². The summed E-state index contributed by atoms with van der Waals surface area (Å²) in [5, 5.41) is 8.86. The smallest absolute Gasteiger partial charge is 0.332 e. The molecule has 0 aliphatic carbocycles. The molecule has 1 aliphatic heterocycles. The lowest BCUT2D eigenvalue weighted by molar-refractivity contribution is -0.154. The number of amides is 1. The summed E-state index contributed by atoms with van der Waals surface area (Å²) in [6, 6.07) is 7.70. The zero-order valence-electron chi connectivity index (χ0n) is 11.1. The van der Waals surface area contributed by atoms with E-state index in [2.05, 4.69) is 15.9 Å². The number of hydrogen-bond acceptors (Lipinski definition) is 3. The second kappa shape index (κ2) is 6.37. The van der Waals surface area contributed by atoms with Crippen molar-refractivity contribution >= 4 is 27.8 Å². The van der Waals surface area contributed by atoms with Crippen molar-refractivity contribution in [3.05, 3.63) is 34.3 Å². The molecule has 1 amide bonds. The lowest BCUT2D eigenvalue weighted by atomic mass is 10.1. The Bertz CT molecular complexity index is 520. The summed E-state index contributed by atoms with van der Waals surface area (Å²) in [6.45, 7) is 0.468. The van der Waals surface area contributed by atoms with Gasteiger partial charge in [0.05, 0.1) is 0 Å². The monoisotopic (exact) mass is 341 g/mol. The third kappa shape index (κ3) is 3.58. The Balaban J connectivity index is 1.94. The SMILES string of the molecule is CN(Cc1cccc(Br)c1)C(=O)C1CCC(C(=O)O)O1. The molecule has 108 valence electrons. The largest absolute Gasteiger partial charge is 0.479 e. The molecule has 0 saturated carbocycles. The summed E-state index contributed by atoms with van der Waals surface area (Å²) in [7, 11) is 1.70. The van der Waals surface area contributed by atoms with Crippen LogP contribution in [0.1, 0.15) is 18.4 Å². The maximum absolute atomic E-state index is 12.2. The van der Waals surface area contributed by atoms with Crippen molar-refractivity contribution in [3.63, 3.8) is 0 Å². The van der Waals surface area contributed by atoms with Crippen LogP contribution in [0.2, 0.25) is 0 Å². The molecule has 1 aliphatic rings. The van der Waals surface area contributed by atoms with Gasteiger partial charge < -0.3 is 14.7 Å². The Morgan fingerprint density at radius 3 is 2.70 bits per heavy atom. The van der Waals surface area contributed by atoms with Gasteiger partial charge in [-0.15, -0.1) is 0 Å². The molecule has 0 spiro atoms. The molecule has 1 heterocycles. The molecule has 20 heavy (non-hydrogen) atoms. The topological polar surface area (TPSA) is 66.8 Å². The van der Waals surface area contributed by atoms with Gasteiger partial charge in [-0.25, -0.2) is 4.79 Å². The summed E-state index contributed by atoms with van der Waals surface area (Å²) in [5.74, 6) is -1.18. The molecule has 2 rings (SSSR count). The predicted molar refractivity (Wildman–Crippen MR) is 76.1 cm³/mol. The third-order valence-corrected chi connectivity index (χ3v) is 3.75. The van der Waals surface area contributed by atoms with E-state index in [0.717, 1.165) is 10.0 Å². The van der Waals surface area contributed by atoms with Crippen LogP contribution in [0.3, 0.4) is 0 Å². The molecule has 6 heteroatoms. The highest BCUT2D eigenvalue weighted by atomic mass is 79.9. The Hall–Kier alpha value is -1.40. The van der Waals surface area contributed by atoms with Gasteiger partial charge in [0.15, 0.2) is 6.10 Å². The van der Waals surface area contributed by atoms with Crippen LogP contribution in [0, 0.1) is 0 Å². The molecule has 0 bridgehead atoms. The zero-order chi connectivity index (χ0) is 14.7. The lowest BCUT2D eigenvalue weighted by Gasteiger charge is -2.21. The number of rotatable bonds is 4. The first-order chi connectivity index (χ1) is 9.47. The first kappa shape index (κ1) is 15.0. The van der Waals surface area contributed by atoms with E-state index in [9.17, 15) is 9.59 Å². The summed E-state index contributed by atoms with van der Waals surface area (Å²) in [4.78, 5) is 24.6. The fraction of sp³-hybridized carbons (Fsp3) is 0.429. The van der Waals surface area contributed by atoms with Crippen LogP contribution in [0.25, 0.3) is 0 Å². The van der Waals surface area contributed by atoms with Gasteiger partial charge in [0.1, 0.15) is 6.10 Å². The number of halogens is 1. The first-order valence-electron chi connectivity index (χ1n) is 6.35. The highest BCUT2D eigenvalue weighted by Crippen LogP contribution is 2.22. The Labute approximate surface area is 125 Å². The maximum atomic E-state index is 12.2. The molecule has 1 N–H and O–H groups in total. The number of likely N-dealkylation sites (N-methyl/N-ethyl adjacent to an activating group) is 1. The van der Waals surface area contributed by atoms with Crippen molar-refractivity contribution < 1.29 is 19.4 Å². The van der Waals surface area contributed by atoms with Gasteiger partial charge in [-0.2, -0.15) is 0 Å². The second-order valence-corrected chi connectivity index (χ2v) is 5.77.